The fourth-order valence-corrected chi connectivity index (χ4v) is 5.03. The van der Waals surface area contributed by atoms with Crippen LogP contribution in [-0.4, -0.2) is 62.6 Å². The van der Waals surface area contributed by atoms with Crippen LogP contribution in [0.5, 0.6) is 5.75 Å². The molecule has 0 saturated carbocycles. The number of rotatable bonds is 9. The minimum atomic E-state index is -0.561. The molecule has 4 aromatic carbocycles. The van der Waals surface area contributed by atoms with Crippen molar-refractivity contribution >= 4 is 16.5 Å². The number of nitrogens with zero attached hydrogens (tertiary/aromatic N) is 2. The van der Waals surface area contributed by atoms with Gasteiger partial charge in [0.15, 0.2) is 0 Å². The molecule has 0 aromatic heterocycles. The van der Waals surface area contributed by atoms with E-state index < -0.39 is 6.10 Å². The predicted octanol–water partition coefficient (Wildman–Crippen LogP) is 5.14. The standard InChI is InChI=1S/C31H34N2O3/c1-35-28-14-8-13-26(21-28)33-19-17-32(18-20-33)22-27(34)23-36-31(25-10-3-2-4-11-25)30-16-7-12-24-9-5-6-15-29(24)30/h2-16,21,27,31,34H,17-20,22-23H2,1H3. The second kappa shape index (κ2) is 11.6. The summed E-state index contributed by atoms with van der Waals surface area (Å²) in [6.07, 6.45) is -0.800. The molecule has 1 N–H and O–H groups in total. The van der Waals surface area contributed by atoms with Gasteiger partial charge >= 0.3 is 0 Å². The van der Waals surface area contributed by atoms with Crippen LogP contribution in [0.15, 0.2) is 97.1 Å². The number of ether oxygens (including phenoxy) is 2. The third kappa shape index (κ3) is 5.71. The topological polar surface area (TPSA) is 45.2 Å². The number of aliphatic hydroxyl groups excluding tert-OH is 1. The lowest BCUT2D eigenvalue weighted by Gasteiger charge is -2.37. The molecule has 2 atom stereocenters. The Kier molecular flexibility index (Phi) is 7.82. The summed E-state index contributed by atoms with van der Waals surface area (Å²) in [6, 6.07) is 33.2. The highest BCUT2D eigenvalue weighted by Crippen LogP contribution is 2.32. The molecule has 2 unspecified atom stereocenters. The first-order chi connectivity index (χ1) is 17.7. The van der Waals surface area contributed by atoms with Gasteiger partial charge in [0.25, 0.3) is 0 Å². The predicted molar refractivity (Wildman–Crippen MR) is 146 cm³/mol. The van der Waals surface area contributed by atoms with E-state index in [1.165, 1.54) is 16.5 Å². The number of piperazine rings is 1. The van der Waals surface area contributed by atoms with Gasteiger partial charge in [0, 0.05) is 44.5 Å². The van der Waals surface area contributed by atoms with Gasteiger partial charge in [-0.05, 0) is 34.0 Å². The molecule has 5 nitrogen and oxygen atoms in total. The van der Waals surface area contributed by atoms with Crippen molar-refractivity contribution in [1.29, 1.82) is 0 Å². The fraction of sp³-hybridized carbons (Fsp3) is 0.290. The van der Waals surface area contributed by atoms with E-state index in [0.717, 1.165) is 43.1 Å². The molecule has 186 valence electrons. The SMILES string of the molecule is COc1cccc(N2CCN(CC(O)COC(c3ccccc3)c3cccc4ccccc34)CC2)c1. The van der Waals surface area contributed by atoms with E-state index in [2.05, 4.69) is 76.5 Å². The molecule has 5 rings (SSSR count). The summed E-state index contributed by atoms with van der Waals surface area (Å²) in [5, 5.41) is 13.3. The summed E-state index contributed by atoms with van der Waals surface area (Å²) in [5.41, 5.74) is 3.39. The van der Waals surface area contributed by atoms with Gasteiger partial charge in [-0.25, -0.2) is 0 Å². The van der Waals surface area contributed by atoms with Crippen LogP contribution in [0.3, 0.4) is 0 Å². The molecule has 0 bridgehead atoms. The van der Waals surface area contributed by atoms with Crippen LogP contribution in [0.1, 0.15) is 17.2 Å². The van der Waals surface area contributed by atoms with Crippen LogP contribution >= 0.6 is 0 Å². The summed E-state index contributed by atoms with van der Waals surface area (Å²) >= 11 is 0. The van der Waals surface area contributed by atoms with Crippen molar-refractivity contribution in [2.45, 2.75) is 12.2 Å². The Bertz CT molecular complexity index is 1250. The van der Waals surface area contributed by atoms with Crippen molar-refractivity contribution in [3.63, 3.8) is 0 Å². The van der Waals surface area contributed by atoms with E-state index in [9.17, 15) is 5.11 Å². The van der Waals surface area contributed by atoms with Crippen LogP contribution in [0.2, 0.25) is 0 Å². The van der Waals surface area contributed by atoms with E-state index >= 15 is 0 Å². The van der Waals surface area contributed by atoms with Gasteiger partial charge in [-0.2, -0.15) is 0 Å². The number of methoxy groups -OCH3 is 1. The Labute approximate surface area is 213 Å². The molecule has 0 aliphatic carbocycles. The van der Waals surface area contributed by atoms with Crippen molar-refractivity contribution in [3.05, 3.63) is 108 Å². The molecule has 1 heterocycles. The summed E-state index contributed by atoms with van der Waals surface area (Å²) < 4.78 is 11.8. The first-order valence-corrected chi connectivity index (χ1v) is 12.6. The molecule has 36 heavy (non-hydrogen) atoms. The second-order valence-electron chi connectivity index (χ2n) is 9.34. The van der Waals surface area contributed by atoms with Crippen LogP contribution < -0.4 is 9.64 Å². The first-order valence-electron chi connectivity index (χ1n) is 12.6. The van der Waals surface area contributed by atoms with Crippen LogP contribution in [0, 0.1) is 0 Å². The lowest BCUT2D eigenvalue weighted by Crippen LogP contribution is -2.49. The zero-order valence-electron chi connectivity index (χ0n) is 20.8. The molecule has 1 fully saturated rings. The number of fused-ring (bicyclic) bond motifs is 1. The number of benzene rings is 4. The second-order valence-corrected chi connectivity index (χ2v) is 9.34. The monoisotopic (exact) mass is 482 g/mol. The summed E-state index contributed by atoms with van der Waals surface area (Å²) in [5.74, 6) is 0.877. The molecular formula is C31H34N2O3. The molecule has 1 aliphatic heterocycles. The van der Waals surface area contributed by atoms with Crippen molar-refractivity contribution < 1.29 is 14.6 Å². The smallest absolute Gasteiger partial charge is 0.120 e. The third-order valence-corrected chi connectivity index (χ3v) is 6.92. The summed E-state index contributed by atoms with van der Waals surface area (Å²) in [4.78, 5) is 4.69. The fourth-order valence-electron chi connectivity index (χ4n) is 5.03. The normalized spacial score (nSPS) is 16.1. The molecule has 4 aromatic rings. The Morgan fingerprint density at radius 3 is 2.33 bits per heavy atom. The Balaban J connectivity index is 1.22. The van der Waals surface area contributed by atoms with Crippen molar-refractivity contribution in [1.82, 2.24) is 4.90 Å². The lowest BCUT2D eigenvalue weighted by molar-refractivity contribution is -0.00851. The van der Waals surface area contributed by atoms with Gasteiger partial charge in [0.05, 0.1) is 19.8 Å². The zero-order chi connectivity index (χ0) is 24.7. The number of hydrogen-bond acceptors (Lipinski definition) is 5. The number of hydrogen-bond donors (Lipinski definition) is 1. The van der Waals surface area contributed by atoms with E-state index in [0.29, 0.717) is 6.54 Å². The van der Waals surface area contributed by atoms with E-state index in [1.807, 2.05) is 30.3 Å². The van der Waals surface area contributed by atoms with Crippen molar-refractivity contribution in [3.8, 4) is 5.75 Å². The van der Waals surface area contributed by atoms with Crippen LogP contribution in [-0.2, 0) is 4.74 Å². The number of aliphatic hydroxyl groups is 1. The molecule has 0 spiro atoms. The molecule has 5 heteroatoms. The van der Waals surface area contributed by atoms with Gasteiger partial charge in [-0.15, -0.1) is 0 Å². The van der Waals surface area contributed by atoms with E-state index in [4.69, 9.17) is 9.47 Å². The quantitative estimate of drug-likeness (QED) is 0.358. The molecule has 1 saturated heterocycles. The average molecular weight is 483 g/mol. The van der Waals surface area contributed by atoms with Gasteiger partial charge < -0.3 is 19.5 Å². The zero-order valence-corrected chi connectivity index (χ0v) is 20.8. The van der Waals surface area contributed by atoms with Gasteiger partial charge in [0.1, 0.15) is 11.9 Å². The molecule has 0 radical (unpaired) electrons. The summed E-state index contributed by atoms with van der Waals surface area (Å²) in [6.45, 7) is 4.52. The van der Waals surface area contributed by atoms with Crippen molar-refractivity contribution in [2.24, 2.45) is 0 Å². The largest absolute Gasteiger partial charge is 0.497 e. The molecule has 0 amide bonds. The number of anilines is 1. The Morgan fingerprint density at radius 1 is 0.806 bits per heavy atom. The minimum Gasteiger partial charge on any atom is -0.497 e. The highest BCUT2D eigenvalue weighted by molar-refractivity contribution is 5.86. The van der Waals surface area contributed by atoms with Crippen LogP contribution in [0.25, 0.3) is 10.8 Å². The maximum Gasteiger partial charge on any atom is 0.120 e. The Hall–Kier alpha value is -3.38. The third-order valence-electron chi connectivity index (χ3n) is 6.92. The maximum absolute atomic E-state index is 10.9. The van der Waals surface area contributed by atoms with E-state index in [1.54, 1.807) is 7.11 Å². The number of β-amino-alcohol motifs (C(OH)–C–C–N with tert-alkyl or cyclic N) is 1. The summed E-state index contributed by atoms with van der Waals surface area (Å²) in [7, 11) is 1.70. The maximum atomic E-state index is 10.9. The lowest BCUT2D eigenvalue weighted by atomic mass is 9.95. The van der Waals surface area contributed by atoms with Crippen molar-refractivity contribution in [2.75, 3.05) is 51.3 Å². The highest BCUT2D eigenvalue weighted by Gasteiger charge is 2.22. The average Bonchev–Trinajstić information content (AvgIpc) is 2.94. The van der Waals surface area contributed by atoms with E-state index in [-0.39, 0.29) is 12.7 Å². The van der Waals surface area contributed by atoms with Gasteiger partial charge in [-0.1, -0.05) is 78.9 Å². The van der Waals surface area contributed by atoms with Crippen LogP contribution in [0.4, 0.5) is 5.69 Å². The minimum absolute atomic E-state index is 0.239. The van der Waals surface area contributed by atoms with Gasteiger partial charge in [0.2, 0.25) is 0 Å². The first kappa shape index (κ1) is 24.3. The Morgan fingerprint density at radius 2 is 1.53 bits per heavy atom. The molecular weight excluding hydrogens is 448 g/mol. The van der Waals surface area contributed by atoms with Gasteiger partial charge in [-0.3, -0.25) is 4.90 Å². The molecule has 1 aliphatic rings. The highest BCUT2D eigenvalue weighted by atomic mass is 16.5.